The van der Waals surface area contributed by atoms with Gasteiger partial charge in [0.15, 0.2) is 11.5 Å². The second-order valence-electron chi connectivity index (χ2n) is 5.61. The third kappa shape index (κ3) is 2.85. The van der Waals surface area contributed by atoms with E-state index in [1.54, 1.807) is 13.2 Å². The van der Waals surface area contributed by atoms with E-state index in [-0.39, 0.29) is 17.8 Å². The van der Waals surface area contributed by atoms with E-state index < -0.39 is 0 Å². The quantitative estimate of drug-likeness (QED) is 0.762. The Morgan fingerprint density at radius 1 is 1.47 bits per heavy atom. The van der Waals surface area contributed by atoms with Crippen LogP contribution in [-0.4, -0.2) is 30.0 Å². The van der Waals surface area contributed by atoms with Crippen molar-refractivity contribution in [3.8, 4) is 11.5 Å². The van der Waals surface area contributed by atoms with Crippen LogP contribution in [0.4, 0.5) is 0 Å². The van der Waals surface area contributed by atoms with Crippen LogP contribution in [0.5, 0.6) is 11.5 Å². The summed E-state index contributed by atoms with van der Waals surface area (Å²) in [5.74, 6) is 0.692. The largest absolute Gasteiger partial charge is 0.504 e. The predicted molar refractivity (Wildman–Crippen MR) is 74.3 cm³/mol. The van der Waals surface area contributed by atoms with Crippen LogP contribution in [0, 0.1) is 5.41 Å². The van der Waals surface area contributed by atoms with Crippen LogP contribution in [0.25, 0.3) is 0 Å². The lowest BCUT2D eigenvalue weighted by Crippen LogP contribution is -2.41. The van der Waals surface area contributed by atoms with E-state index in [2.05, 4.69) is 12.2 Å². The predicted octanol–water partition coefficient (Wildman–Crippen LogP) is 2.04. The van der Waals surface area contributed by atoms with Crippen LogP contribution in [-0.2, 0) is 6.54 Å². The number of methoxy groups -OCH3 is 1. The molecule has 2 unspecified atom stereocenters. The van der Waals surface area contributed by atoms with Crippen molar-refractivity contribution < 1.29 is 14.9 Å². The fraction of sp³-hybridized carbons (Fsp3) is 0.600. The molecule has 1 aliphatic rings. The smallest absolute Gasteiger partial charge is 0.162 e. The molecule has 1 aromatic rings. The van der Waals surface area contributed by atoms with Gasteiger partial charge in [-0.05, 0) is 18.9 Å². The van der Waals surface area contributed by atoms with Crippen molar-refractivity contribution in [1.82, 2.24) is 5.32 Å². The van der Waals surface area contributed by atoms with Gasteiger partial charge >= 0.3 is 0 Å². The summed E-state index contributed by atoms with van der Waals surface area (Å²) >= 11 is 0. The lowest BCUT2D eigenvalue weighted by molar-refractivity contribution is 0.118. The fourth-order valence-electron chi connectivity index (χ4n) is 2.88. The molecule has 0 aromatic heterocycles. The molecule has 0 bridgehead atoms. The van der Waals surface area contributed by atoms with Crippen LogP contribution >= 0.6 is 0 Å². The molecule has 1 aliphatic carbocycles. The Hall–Kier alpha value is -1.26. The van der Waals surface area contributed by atoms with Gasteiger partial charge in [0.1, 0.15) is 0 Å². The minimum atomic E-state index is -0.0471. The molecule has 0 heterocycles. The van der Waals surface area contributed by atoms with E-state index in [1.807, 2.05) is 12.1 Å². The molecular weight excluding hydrogens is 242 g/mol. The molecule has 1 fully saturated rings. The number of rotatable bonds is 5. The van der Waals surface area contributed by atoms with Crippen LogP contribution in [0.2, 0.25) is 0 Å². The SMILES string of the molecule is COc1cccc(CNC2CCCC2(C)CO)c1O. The maximum Gasteiger partial charge on any atom is 0.162 e. The summed E-state index contributed by atoms with van der Waals surface area (Å²) in [4.78, 5) is 0. The molecule has 0 amide bonds. The second kappa shape index (κ2) is 5.80. The van der Waals surface area contributed by atoms with Gasteiger partial charge in [-0.3, -0.25) is 0 Å². The van der Waals surface area contributed by atoms with Gasteiger partial charge in [0.25, 0.3) is 0 Å². The number of para-hydroxylation sites is 1. The lowest BCUT2D eigenvalue weighted by Gasteiger charge is -2.30. The highest BCUT2D eigenvalue weighted by atomic mass is 16.5. The molecule has 19 heavy (non-hydrogen) atoms. The number of aromatic hydroxyl groups is 1. The van der Waals surface area contributed by atoms with Crippen molar-refractivity contribution in [3.63, 3.8) is 0 Å². The number of phenolic OH excluding ortho intramolecular Hbond substituents is 1. The van der Waals surface area contributed by atoms with E-state index >= 15 is 0 Å². The van der Waals surface area contributed by atoms with E-state index in [9.17, 15) is 10.2 Å². The Balaban J connectivity index is 2.03. The molecule has 0 aliphatic heterocycles. The molecule has 0 spiro atoms. The van der Waals surface area contributed by atoms with Gasteiger partial charge in [0.05, 0.1) is 7.11 Å². The third-order valence-electron chi connectivity index (χ3n) is 4.28. The number of nitrogens with one attached hydrogen (secondary N) is 1. The first kappa shape index (κ1) is 14.2. The maximum atomic E-state index is 10.0. The van der Waals surface area contributed by atoms with Crippen molar-refractivity contribution in [2.24, 2.45) is 5.41 Å². The minimum absolute atomic E-state index is 0.0471. The van der Waals surface area contributed by atoms with Crippen molar-refractivity contribution in [3.05, 3.63) is 23.8 Å². The molecule has 4 nitrogen and oxygen atoms in total. The maximum absolute atomic E-state index is 10.0. The van der Waals surface area contributed by atoms with Crippen LogP contribution < -0.4 is 10.1 Å². The number of hydrogen-bond donors (Lipinski definition) is 3. The second-order valence-corrected chi connectivity index (χ2v) is 5.61. The van der Waals surface area contributed by atoms with Crippen LogP contribution in [0.1, 0.15) is 31.7 Å². The summed E-state index contributed by atoms with van der Waals surface area (Å²) < 4.78 is 5.10. The van der Waals surface area contributed by atoms with Gasteiger partial charge in [-0.1, -0.05) is 25.5 Å². The summed E-state index contributed by atoms with van der Waals surface area (Å²) in [6.07, 6.45) is 3.26. The molecular formula is C15H23NO3. The average Bonchev–Trinajstić information content (AvgIpc) is 2.80. The molecule has 2 rings (SSSR count). The number of hydrogen-bond acceptors (Lipinski definition) is 4. The molecule has 2 atom stereocenters. The standard InChI is InChI=1S/C15H23NO3/c1-15(10-17)8-4-7-13(15)16-9-11-5-3-6-12(19-2)14(11)18/h3,5-6,13,16-18H,4,7-10H2,1-2H3. The van der Waals surface area contributed by atoms with Crippen molar-refractivity contribution in [1.29, 1.82) is 0 Å². The number of benzene rings is 1. The van der Waals surface area contributed by atoms with E-state index in [4.69, 9.17) is 4.74 Å². The topological polar surface area (TPSA) is 61.7 Å². The third-order valence-corrected chi connectivity index (χ3v) is 4.28. The average molecular weight is 265 g/mol. The lowest BCUT2D eigenvalue weighted by atomic mass is 9.85. The Kier molecular flexibility index (Phi) is 4.32. The normalized spacial score (nSPS) is 26.6. The fourth-order valence-corrected chi connectivity index (χ4v) is 2.88. The zero-order chi connectivity index (χ0) is 13.9. The first-order chi connectivity index (χ1) is 9.10. The Bertz CT molecular complexity index is 435. The zero-order valence-electron chi connectivity index (χ0n) is 11.6. The van der Waals surface area contributed by atoms with E-state index in [0.29, 0.717) is 18.3 Å². The number of ether oxygens (including phenoxy) is 1. The number of phenols is 1. The molecule has 0 radical (unpaired) electrons. The van der Waals surface area contributed by atoms with Crippen LogP contribution in [0.15, 0.2) is 18.2 Å². The van der Waals surface area contributed by atoms with Crippen LogP contribution in [0.3, 0.4) is 0 Å². The Morgan fingerprint density at radius 3 is 2.95 bits per heavy atom. The first-order valence-electron chi connectivity index (χ1n) is 6.80. The molecule has 3 N–H and O–H groups in total. The minimum Gasteiger partial charge on any atom is -0.504 e. The van der Waals surface area contributed by atoms with E-state index in [1.165, 1.54) is 0 Å². The number of aliphatic hydroxyl groups is 1. The van der Waals surface area contributed by atoms with Gasteiger partial charge in [-0.15, -0.1) is 0 Å². The first-order valence-corrected chi connectivity index (χ1v) is 6.80. The van der Waals surface area contributed by atoms with Gasteiger partial charge in [0, 0.05) is 30.2 Å². The van der Waals surface area contributed by atoms with Gasteiger partial charge in [-0.25, -0.2) is 0 Å². The van der Waals surface area contributed by atoms with Crippen molar-refractivity contribution in [2.75, 3.05) is 13.7 Å². The van der Waals surface area contributed by atoms with Gasteiger partial charge in [-0.2, -0.15) is 0 Å². The van der Waals surface area contributed by atoms with Crippen molar-refractivity contribution in [2.45, 2.75) is 38.8 Å². The zero-order valence-corrected chi connectivity index (χ0v) is 11.6. The number of aliphatic hydroxyl groups excluding tert-OH is 1. The Morgan fingerprint density at radius 2 is 2.26 bits per heavy atom. The van der Waals surface area contributed by atoms with Crippen molar-refractivity contribution >= 4 is 0 Å². The molecule has 1 saturated carbocycles. The monoisotopic (exact) mass is 265 g/mol. The van der Waals surface area contributed by atoms with Gasteiger partial charge < -0.3 is 20.3 Å². The summed E-state index contributed by atoms with van der Waals surface area (Å²) in [6, 6.07) is 5.79. The molecule has 4 heteroatoms. The highest BCUT2D eigenvalue weighted by molar-refractivity contribution is 5.45. The summed E-state index contributed by atoms with van der Waals surface area (Å²) in [5.41, 5.74) is 0.778. The molecule has 106 valence electrons. The highest BCUT2D eigenvalue weighted by Gasteiger charge is 2.37. The van der Waals surface area contributed by atoms with E-state index in [0.717, 1.165) is 24.8 Å². The summed E-state index contributed by atoms with van der Waals surface area (Å²) in [5, 5.41) is 23.0. The molecule has 1 aromatic carbocycles. The molecule has 0 saturated heterocycles. The highest BCUT2D eigenvalue weighted by Crippen LogP contribution is 2.38. The summed E-state index contributed by atoms with van der Waals surface area (Å²) in [7, 11) is 1.55. The Labute approximate surface area is 114 Å². The van der Waals surface area contributed by atoms with Gasteiger partial charge in [0.2, 0.25) is 0 Å². The summed E-state index contributed by atoms with van der Waals surface area (Å²) in [6.45, 7) is 2.90.